The van der Waals surface area contributed by atoms with Crippen LogP contribution in [0.3, 0.4) is 0 Å². The molecule has 166 valence electrons. The molecule has 0 radical (unpaired) electrons. The van der Waals surface area contributed by atoms with Crippen molar-refractivity contribution >= 4 is 11.8 Å². The quantitative estimate of drug-likeness (QED) is 0.277. The standard InChI is InChI=1S/C23H22N2O7/c26-15-9-7-13(8-10-15)11-17(25-22(31)16-4-2-6-19(28)21(16)30)23(32)24-12-14-3-1-5-18(27)20(14)29/h1-10,17,26-30H,11-12H2,(H,24,32)(H,25,31)/t17-/m0/s1. The molecule has 0 aliphatic heterocycles. The second kappa shape index (κ2) is 9.61. The highest BCUT2D eigenvalue weighted by Gasteiger charge is 2.24. The van der Waals surface area contributed by atoms with Gasteiger partial charge in [0.25, 0.3) is 5.91 Å². The van der Waals surface area contributed by atoms with E-state index in [4.69, 9.17) is 0 Å². The van der Waals surface area contributed by atoms with Crippen LogP contribution in [0, 0.1) is 0 Å². The Labute approximate surface area is 183 Å². The molecule has 2 amide bonds. The van der Waals surface area contributed by atoms with Gasteiger partial charge in [-0.15, -0.1) is 0 Å². The molecule has 3 aromatic rings. The number of hydrogen-bond acceptors (Lipinski definition) is 7. The number of aromatic hydroxyl groups is 5. The van der Waals surface area contributed by atoms with Crippen molar-refractivity contribution in [3.8, 4) is 28.7 Å². The molecule has 0 aliphatic carbocycles. The molecule has 9 heteroatoms. The van der Waals surface area contributed by atoms with E-state index in [1.807, 2.05) is 0 Å². The zero-order valence-electron chi connectivity index (χ0n) is 16.8. The number of benzene rings is 3. The number of hydrogen-bond donors (Lipinski definition) is 7. The molecule has 3 rings (SSSR count). The Morgan fingerprint density at radius 2 is 1.41 bits per heavy atom. The zero-order valence-corrected chi connectivity index (χ0v) is 16.8. The fourth-order valence-electron chi connectivity index (χ4n) is 3.05. The van der Waals surface area contributed by atoms with E-state index in [1.165, 1.54) is 48.5 Å². The van der Waals surface area contributed by atoms with Gasteiger partial charge >= 0.3 is 0 Å². The first-order chi connectivity index (χ1) is 15.3. The molecule has 32 heavy (non-hydrogen) atoms. The van der Waals surface area contributed by atoms with Crippen LogP contribution in [0.4, 0.5) is 0 Å². The third kappa shape index (κ3) is 5.20. The number of rotatable bonds is 7. The van der Waals surface area contributed by atoms with E-state index in [9.17, 15) is 35.1 Å². The third-order valence-corrected chi connectivity index (χ3v) is 4.81. The summed E-state index contributed by atoms with van der Waals surface area (Å²) in [5.41, 5.74) is 0.710. The summed E-state index contributed by atoms with van der Waals surface area (Å²) in [7, 11) is 0. The molecule has 0 saturated carbocycles. The molecule has 0 unspecified atom stereocenters. The van der Waals surface area contributed by atoms with Crippen LogP contribution >= 0.6 is 0 Å². The summed E-state index contributed by atoms with van der Waals surface area (Å²) >= 11 is 0. The summed E-state index contributed by atoms with van der Waals surface area (Å²) in [6, 6.07) is 13.2. The van der Waals surface area contributed by atoms with Crippen LogP contribution in [0.2, 0.25) is 0 Å². The van der Waals surface area contributed by atoms with Crippen molar-refractivity contribution in [3.63, 3.8) is 0 Å². The van der Waals surface area contributed by atoms with E-state index in [0.717, 1.165) is 0 Å². The van der Waals surface area contributed by atoms with Crippen LogP contribution in [0.15, 0.2) is 60.7 Å². The summed E-state index contributed by atoms with van der Waals surface area (Å²) in [6.45, 7) is -0.113. The van der Waals surface area contributed by atoms with E-state index in [1.54, 1.807) is 12.1 Å². The number of carbonyl (C=O) groups is 2. The van der Waals surface area contributed by atoms with Gasteiger partial charge in [-0.1, -0.05) is 30.3 Å². The molecule has 3 aromatic carbocycles. The minimum Gasteiger partial charge on any atom is -0.508 e. The van der Waals surface area contributed by atoms with Crippen LogP contribution in [-0.2, 0) is 17.8 Å². The Bertz CT molecular complexity index is 1130. The Morgan fingerprint density at radius 1 is 0.781 bits per heavy atom. The number of nitrogens with one attached hydrogen (secondary N) is 2. The molecule has 0 saturated heterocycles. The lowest BCUT2D eigenvalue weighted by atomic mass is 10.0. The number of para-hydroxylation sites is 2. The van der Waals surface area contributed by atoms with E-state index >= 15 is 0 Å². The van der Waals surface area contributed by atoms with Gasteiger partial charge in [0.2, 0.25) is 5.91 Å². The van der Waals surface area contributed by atoms with Crippen molar-refractivity contribution in [3.05, 3.63) is 77.4 Å². The van der Waals surface area contributed by atoms with Crippen molar-refractivity contribution in [2.75, 3.05) is 0 Å². The highest BCUT2D eigenvalue weighted by atomic mass is 16.3. The number of carbonyl (C=O) groups excluding carboxylic acids is 2. The largest absolute Gasteiger partial charge is 0.508 e. The molecule has 7 N–H and O–H groups in total. The second-order valence-corrected chi connectivity index (χ2v) is 7.07. The smallest absolute Gasteiger partial charge is 0.255 e. The molecule has 0 aromatic heterocycles. The van der Waals surface area contributed by atoms with Crippen molar-refractivity contribution in [2.45, 2.75) is 19.0 Å². The molecule has 0 fully saturated rings. The minimum absolute atomic E-state index is 0.0443. The molecular weight excluding hydrogens is 416 g/mol. The summed E-state index contributed by atoms with van der Waals surface area (Å²) in [5, 5.41) is 53.7. The van der Waals surface area contributed by atoms with Crippen LogP contribution in [-0.4, -0.2) is 43.4 Å². The Balaban J connectivity index is 1.80. The number of amides is 2. The van der Waals surface area contributed by atoms with Gasteiger partial charge in [-0.2, -0.15) is 0 Å². The lowest BCUT2D eigenvalue weighted by molar-refractivity contribution is -0.123. The molecule has 9 nitrogen and oxygen atoms in total. The molecule has 1 atom stereocenters. The SMILES string of the molecule is O=C(N[C@@H](Cc1ccc(O)cc1)C(=O)NCc1cccc(O)c1O)c1cccc(O)c1O. The predicted molar refractivity (Wildman–Crippen MR) is 114 cm³/mol. The maximum atomic E-state index is 12.9. The first kappa shape index (κ1) is 22.3. The van der Waals surface area contributed by atoms with E-state index < -0.39 is 29.4 Å². The van der Waals surface area contributed by atoms with E-state index in [0.29, 0.717) is 5.56 Å². The van der Waals surface area contributed by atoms with Gasteiger partial charge in [0.15, 0.2) is 23.0 Å². The van der Waals surface area contributed by atoms with Gasteiger partial charge in [-0.05, 0) is 35.9 Å². The first-order valence-electron chi connectivity index (χ1n) is 9.63. The highest BCUT2D eigenvalue weighted by Crippen LogP contribution is 2.29. The summed E-state index contributed by atoms with van der Waals surface area (Å²) in [5.74, 6) is -3.11. The molecule has 0 bridgehead atoms. The van der Waals surface area contributed by atoms with Crippen molar-refractivity contribution in [1.82, 2.24) is 10.6 Å². The highest BCUT2D eigenvalue weighted by molar-refractivity contribution is 6.00. The van der Waals surface area contributed by atoms with Gasteiger partial charge in [-0.3, -0.25) is 9.59 Å². The van der Waals surface area contributed by atoms with Crippen molar-refractivity contribution in [2.24, 2.45) is 0 Å². The Kier molecular flexibility index (Phi) is 6.69. The average Bonchev–Trinajstić information content (AvgIpc) is 2.77. The van der Waals surface area contributed by atoms with Crippen LogP contribution in [0.1, 0.15) is 21.5 Å². The summed E-state index contributed by atoms with van der Waals surface area (Å²) in [6.07, 6.45) is 0.0590. The lowest BCUT2D eigenvalue weighted by Gasteiger charge is -2.19. The zero-order chi connectivity index (χ0) is 23.3. The summed E-state index contributed by atoms with van der Waals surface area (Å²) in [4.78, 5) is 25.5. The van der Waals surface area contributed by atoms with E-state index in [2.05, 4.69) is 10.6 Å². The topological polar surface area (TPSA) is 159 Å². The van der Waals surface area contributed by atoms with Gasteiger partial charge in [0, 0.05) is 18.5 Å². The molecule has 0 aliphatic rings. The maximum Gasteiger partial charge on any atom is 0.255 e. The van der Waals surface area contributed by atoms with Crippen LogP contribution < -0.4 is 10.6 Å². The number of phenols is 5. The molecule has 0 heterocycles. The fourth-order valence-corrected chi connectivity index (χ4v) is 3.05. The minimum atomic E-state index is -1.09. The molecular formula is C23H22N2O7. The Hall–Kier alpha value is -4.40. The van der Waals surface area contributed by atoms with Gasteiger partial charge in [-0.25, -0.2) is 0 Å². The summed E-state index contributed by atoms with van der Waals surface area (Å²) < 4.78 is 0. The van der Waals surface area contributed by atoms with Crippen molar-refractivity contribution < 1.29 is 35.1 Å². The first-order valence-corrected chi connectivity index (χ1v) is 9.63. The number of phenolic OH excluding ortho intramolecular Hbond substituents is 5. The predicted octanol–water partition coefficient (Wildman–Crippen LogP) is 1.87. The third-order valence-electron chi connectivity index (χ3n) is 4.81. The van der Waals surface area contributed by atoms with Crippen molar-refractivity contribution in [1.29, 1.82) is 0 Å². The lowest BCUT2D eigenvalue weighted by Crippen LogP contribution is -2.47. The molecule has 0 spiro atoms. The second-order valence-electron chi connectivity index (χ2n) is 7.07. The maximum absolute atomic E-state index is 12.9. The van der Waals surface area contributed by atoms with Gasteiger partial charge < -0.3 is 36.2 Å². The van der Waals surface area contributed by atoms with E-state index in [-0.39, 0.29) is 41.3 Å². The van der Waals surface area contributed by atoms with Crippen LogP contribution in [0.25, 0.3) is 0 Å². The van der Waals surface area contributed by atoms with Gasteiger partial charge in [0.1, 0.15) is 11.8 Å². The Morgan fingerprint density at radius 3 is 2.09 bits per heavy atom. The monoisotopic (exact) mass is 438 g/mol. The van der Waals surface area contributed by atoms with Crippen LogP contribution in [0.5, 0.6) is 28.7 Å². The van der Waals surface area contributed by atoms with Gasteiger partial charge in [0.05, 0.1) is 5.56 Å². The average molecular weight is 438 g/mol. The fraction of sp³-hybridized carbons (Fsp3) is 0.130. The normalized spacial score (nSPS) is 11.5.